The van der Waals surface area contributed by atoms with E-state index >= 15 is 0 Å². The number of aryl methyl sites for hydroxylation is 13. The van der Waals surface area contributed by atoms with Crippen LogP contribution in [0.3, 0.4) is 0 Å². The van der Waals surface area contributed by atoms with Gasteiger partial charge in [0.15, 0.2) is 17.6 Å². The molecule has 0 aliphatic heterocycles. The van der Waals surface area contributed by atoms with Crippen molar-refractivity contribution >= 4 is 16.5 Å². The molecular formula is C93H101N20+5. The summed E-state index contributed by atoms with van der Waals surface area (Å²) in [6.07, 6.45) is 26.7. The molecule has 0 bridgehead atoms. The number of benzene rings is 6. The molecule has 16 rings (SSSR count). The quantitative estimate of drug-likeness (QED) is 0.0957. The number of hydrogen-bond donors (Lipinski definition) is 0. The van der Waals surface area contributed by atoms with Crippen LogP contribution in [0.15, 0.2) is 232 Å². The highest BCUT2D eigenvalue weighted by atomic mass is 15.3. The third-order valence-electron chi connectivity index (χ3n) is 21.0. The van der Waals surface area contributed by atoms with Crippen molar-refractivity contribution in [3.05, 3.63) is 323 Å². The molecule has 0 saturated heterocycles. The Hall–Kier alpha value is -13.4. The second-order valence-corrected chi connectivity index (χ2v) is 29.7. The molecule has 0 amide bonds. The highest BCUT2D eigenvalue weighted by Crippen LogP contribution is 2.37. The van der Waals surface area contributed by atoms with Crippen molar-refractivity contribution < 1.29 is 22.8 Å². The van der Waals surface area contributed by atoms with Gasteiger partial charge in [0, 0.05) is 187 Å². The highest BCUT2D eigenvalue weighted by Gasteiger charge is 2.27. The third-order valence-corrected chi connectivity index (χ3v) is 21.0. The summed E-state index contributed by atoms with van der Waals surface area (Å²) in [5.41, 5.74) is 30.2. The maximum Gasteiger partial charge on any atom is 0.300 e. The van der Waals surface area contributed by atoms with Crippen molar-refractivity contribution in [1.29, 1.82) is 0 Å². The molecule has 0 fully saturated rings. The minimum atomic E-state index is 0.0620. The number of fused-ring (bicyclic) bond motifs is 1. The first kappa shape index (κ1) is 79.1. The van der Waals surface area contributed by atoms with Gasteiger partial charge < -0.3 is 0 Å². The fraction of sp³-hybridized carbons (Fsp3) is 0.237. The largest absolute Gasteiger partial charge is 0.300 e. The second kappa shape index (κ2) is 33.8. The van der Waals surface area contributed by atoms with Gasteiger partial charge in [-0.2, -0.15) is 34.6 Å². The maximum atomic E-state index is 7.38. The smallest absolute Gasteiger partial charge is 0.268 e. The topological polar surface area (TPSA) is 164 Å². The van der Waals surface area contributed by atoms with E-state index in [9.17, 15) is 0 Å². The molecule has 10 heterocycles. The summed E-state index contributed by atoms with van der Waals surface area (Å²) in [5.74, 6) is 3.81. The number of rotatable bonds is 10. The van der Waals surface area contributed by atoms with Gasteiger partial charge >= 0.3 is 0 Å². The molecule has 10 aromatic heterocycles. The fourth-order valence-electron chi connectivity index (χ4n) is 15.0. The van der Waals surface area contributed by atoms with E-state index in [1.807, 2.05) is 189 Å². The molecule has 568 valence electrons. The zero-order valence-electron chi connectivity index (χ0n) is 68.9. The monoisotopic (exact) mass is 1500 g/mol. The fourth-order valence-corrected chi connectivity index (χ4v) is 15.0. The van der Waals surface area contributed by atoms with Crippen LogP contribution in [0.25, 0.3) is 100 Å². The van der Waals surface area contributed by atoms with Crippen LogP contribution < -0.4 is 22.8 Å². The van der Waals surface area contributed by atoms with Crippen molar-refractivity contribution in [2.24, 2.45) is 35.2 Å². The first-order chi connectivity index (χ1) is 54.1. The number of aromatic nitrogens is 19. The van der Waals surface area contributed by atoms with Crippen LogP contribution >= 0.6 is 0 Å². The van der Waals surface area contributed by atoms with Gasteiger partial charge in [-0.15, -0.1) is 0 Å². The Bertz CT molecular complexity index is 6200. The van der Waals surface area contributed by atoms with Crippen molar-refractivity contribution in [3.8, 4) is 84.7 Å². The molecule has 16 aromatic rings. The van der Waals surface area contributed by atoms with Gasteiger partial charge in [-0.25, -0.2) is 18.5 Å². The molecule has 0 N–H and O–H groups in total. The number of pyridine rings is 1. The number of hydrogen-bond acceptors (Lipinski definition) is 9. The average molecular weight is 1500 g/mol. The minimum absolute atomic E-state index is 0.0620. The van der Waals surface area contributed by atoms with Gasteiger partial charge in [-0.05, 0) is 173 Å². The predicted molar refractivity (Wildman–Crippen MR) is 446 cm³/mol. The Morgan fingerprint density at radius 3 is 1.17 bits per heavy atom. The molecular weight excluding hydrogens is 1400 g/mol. The van der Waals surface area contributed by atoms with Crippen LogP contribution in [0.5, 0.6) is 0 Å². The van der Waals surface area contributed by atoms with Crippen molar-refractivity contribution in [3.63, 3.8) is 0 Å². The summed E-state index contributed by atoms with van der Waals surface area (Å²) in [5, 5.41) is 24.0. The molecule has 20 heteroatoms. The van der Waals surface area contributed by atoms with Gasteiger partial charge in [-0.3, -0.25) is 23.4 Å². The Labute approximate surface area is 663 Å². The van der Waals surface area contributed by atoms with E-state index in [1.54, 1.807) is 12.4 Å². The van der Waals surface area contributed by atoms with Crippen molar-refractivity contribution in [2.45, 2.75) is 116 Å². The molecule has 0 saturated carbocycles. The lowest BCUT2D eigenvalue weighted by molar-refractivity contribution is -0.607. The van der Waals surface area contributed by atoms with Gasteiger partial charge in [0.2, 0.25) is 5.69 Å². The highest BCUT2D eigenvalue weighted by molar-refractivity contribution is 5.95. The van der Waals surface area contributed by atoms with Crippen LogP contribution in [-0.2, 0) is 40.7 Å². The Kier molecular flexibility index (Phi) is 23.7. The normalized spacial score (nSPS) is 11.0. The Balaban J connectivity index is 0.000000131. The van der Waals surface area contributed by atoms with E-state index in [1.165, 1.54) is 100 Å². The summed E-state index contributed by atoms with van der Waals surface area (Å²) >= 11 is 0. The Morgan fingerprint density at radius 1 is 0.336 bits per heavy atom. The molecule has 20 nitrogen and oxygen atoms in total. The van der Waals surface area contributed by atoms with E-state index in [2.05, 4.69) is 273 Å². The van der Waals surface area contributed by atoms with Crippen molar-refractivity contribution in [2.75, 3.05) is 0 Å². The average Bonchev–Trinajstić information content (AvgIpc) is 1.70. The van der Waals surface area contributed by atoms with E-state index in [0.29, 0.717) is 5.69 Å². The Morgan fingerprint density at radius 2 is 0.735 bits per heavy atom. The standard InChI is InChI=1S/C21H20N3.C20H25N4.C18H21N4.C17H16N5.C17H19N4/c1-15-8-6-7-13-24(15)21-16(2)19(20-11-12-22-23(20)3)14-17-9-4-5-10-18(17)21;1-14-17(18-8-10-22-23(18)6)12-16(20(3,4)5)13-19(14)24-11-7-9-21-15(24)2;1-12-11-13(2)18(22-10-6-8-19-15(22)4)14(3)17(12)16-7-9-20-21(16)5;1-12-15(16-6-8-20-21(16)4)10-14(18-3)11-17(12)22-9-5-7-19-13(22)2;1-12-10-15(16-6-8-19-20(16)4)13(2)17(11-12)21-9-5-7-18-14(21)3/h4-14H,1-3H3;7-13H,1-6H3;6-11H,1-5H3;5-11H,1-2,4H3;5-11H,1-4H3/q5*+1. The lowest BCUT2D eigenvalue weighted by Gasteiger charge is -2.22. The van der Waals surface area contributed by atoms with Crippen molar-refractivity contribution in [1.82, 2.24) is 68.8 Å². The maximum absolute atomic E-state index is 7.38. The van der Waals surface area contributed by atoms with Gasteiger partial charge in [0.05, 0.1) is 40.4 Å². The van der Waals surface area contributed by atoms with Gasteiger partial charge in [0.1, 0.15) is 72.3 Å². The summed E-state index contributed by atoms with van der Waals surface area (Å²) in [4.78, 5) is 21.2. The molecule has 113 heavy (non-hydrogen) atoms. The molecule has 0 aliphatic rings. The van der Waals surface area contributed by atoms with E-state index in [-0.39, 0.29) is 5.41 Å². The van der Waals surface area contributed by atoms with Crippen LogP contribution in [-0.4, -0.2) is 68.8 Å². The zero-order valence-corrected chi connectivity index (χ0v) is 68.9. The van der Waals surface area contributed by atoms with Crippen LogP contribution in [0, 0.1) is 96.6 Å². The zero-order chi connectivity index (χ0) is 80.7. The van der Waals surface area contributed by atoms with E-state index in [0.717, 1.165) is 74.3 Å². The molecule has 0 unspecified atom stereocenters. The second-order valence-electron chi connectivity index (χ2n) is 29.7. The van der Waals surface area contributed by atoms with Crippen LogP contribution in [0.1, 0.15) is 99.8 Å². The molecule has 0 spiro atoms. The van der Waals surface area contributed by atoms with Crippen LogP contribution in [0.2, 0.25) is 0 Å². The summed E-state index contributed by atoms with van der Waals surface area (Å²) in [6, 6.07) is 50.2. The first-order valence-corrected chi connectivity index (χ1v) is 37.8. The molecule has 0 atom stereocenters. The lowest BCUT2D eigenvalue weighted by atomic mass is 9.84. The van der Waals surface area contributed by atoms with Gasteiger partial charge in [0.25, 0.3) is 23.3 Å². The predicted octanol–water partition coefficient (Wildman–Crippen LogP) is 16.4. The molecule has 6 aromatic carbocycles. The SMILES string of the molecule is Cc1c(-c2ccnn2C)cc(C(C)(C)C)cc1-[n+]1cccnc1C.Cc1c(-c2ccnn2C)cc2ccccc2c1-[n+]1ccccc1C.Cc1cc(-c2ccnn2C)c(C)c(-[n+]2cccnc2C)c1.Cc1cc(C)c(-[n+]2cccnc2C)c(C)c1-c1ccnn1C.[C-]#[N+]c1cc(-c2ccnn2C)c(C)c(-[n+]2cccnc2C)c1. The number of nitrogens with zero attached hydrogens (tertiary/aromatic N) is 20. The molecule has 0 radical (unpaired) electrons. The summed E-state index contributed by atoms with van der Waals surface area (Å²) in [6.45, 7) is 41.5. The van der Waals surface area contributed by atoms with Gasteiger partial charge in [-0.1, -0.05) is 71.0 Å². The minimum Gasteiger partial charge on any atom is -0.268 e. The van der Waals surface area contributed by atoms with Crippen LogP contribution in [0.4, 0.5) is 5.69 Å². The van der Waals surface area contributed by atoms with E-state index in [4.69, 9.17) is 6.57 Å². The first-order valence-electron chi connectivity index (χ1n) is 37.8. The molecule has 0 aliphatic carbocycles. The van der Waals surface area contributed by atoms with E-state index < -0.39 is 0 Å². The lowest BCUT2D eigenvalue weighted by Crippen LogP contribution is -2.36. The summed E-state index contributed by atoms with van der Waals surface area (Å²) < 4.78 is 20.2. The summed E-state index contributed by atoms with van der Waals surface area (Å²) in [7, 11) is 9.84. The third kappa shape index (κ3) is 16.7.